The summed E-state index contributed by atoms with van der Waals surface area (Å²) in [4.78, 5) is 1.07. The minimum absolute atomic E-state index is 1.07. The van der Waals surface area contributed by atoms with Crippen LogP contribution < -0.4 is 0 Å². The summed E-state index contributed by atoms with van der Waals surface area (Å²) in [6.45, 7) is 16.8. The van der Waals surface area contributed by atoms with E-state index in [4.69, 9.17) is 0 Å². The van der Waals surface area contributed by atoms with Crippen molar-refractivity contribution >= 4 is 12.6 Å². The molecule has 1 heteroatoms. The van der Waals surface area contributed by atoms with E-state index in [0.29, 0.717) is 0 Å². The maximum absolute atomic E-state index is 4.31. The highest BCUT2D eigenvalue weighted by atomic mass is 32.1. The molecule has 0 atom stereocenters. The summed E-state index contributed by atoms with van der Waals surface area (Å²) < 4.78 is 0. The second-order valence-corrected chi connectivity index (χ2v) is 5.08. The quantitative estimate of drug-likeness (QED) is 0.415. The van der Waals surface area contributed by atoms with Crippen LogP contribution >= 0.6 is 12.6 Å². The van der Waals surface area contributed by atoms with Gasteiger partial charge in [0.2, 0.25) is 0 Å². The third kappa shape index (κ3) is 17.5. The summed E-state index contributed by atoms with van der Waals surface area (Å²) in [5.41, 5.74) is 2.86. The maximum Gasteiger partial charge on any atom is 0.00428 e. The Morgan fingerprint density at radius 3 is 1.71 bits per heavy atom. The average molecular weight is 313 g/mol. The van der Waals surface area contributed by atoms with Crippen molar-refractivity contribution in [2.24, 2.45) is 0 Å². The van der Waals surface area contributed by atoms with Gasteiger partial charge in [-0.1, -0.05) is 80.2 Å². The number of rotatable bonds is 5. The number of unbranched alkanes of at least 4 members (excludes halogenated alkanes) is 3. The SMILES string of the molecule is CC.CC.CCCC.CCCCCc1ccc(S)cc1C. The van der Waals surface area contributed by atoms with Gasteiger partial charge in [0, 0.05) is 4.90 Å². The molecule has 0 spiro atoms. The Kier molecular flexibility index (Phi) is 26.6. The van der Waals surface area contributed by atoms with Crippen molar-refractivity contribution in [2.75, 3.05) is 0 Å². The molecule has 0 amide bonds. The van der Waals surface area contributed by atoms with Gasteiger partial charge in [-0.15, -0.1) is 12.6 Å². The molecular weight excluding hydrogens is 272 g/mol. The lowest BCUT2D eigenvalue weighted by atomic mass is 10.0. The van der Waals surface area contributed by atoms with Crippen molar-refractivity contribution in [1.29, 1.82) is 0 Å². The van der Waals surface area contributed by atoms with E-state index in [-0.39, 0.29) is 0 Å². The van der Waals surface area contributed by atoms with E-state index in [1.165, 1.54) is 49.7 Å². The van der Waals surface area contributed by atoms with E-state index in [1.54, 1.807) is 0 Å². The summed E-state index contributed by atoms with van der Waals surface area (Å²) in [6.07, 6.45) is 7.79. The normalized spacial score (nSPS) is 8.43. The first kappa shape index (κ1) is 25.5. The molecule has 0 fully saturated rings. The number of thiol groups is 1. The van der Waals surface area contributed by atoms with Gasteiger partial charge < -0.3 is 0 Å². The van der Waals surface area contributed by atoms with Gasteiger partial charge in [-0.05, 0) is 43.0 Å². The zero-order chi connectivity index (χ0) is 17.1. The van der Waals surface area contributed by atoms with Crippen LogP contribution in [0.15, 0.2) is 23.1 Å². The lowest BCUT2D eigenvalue weighted by molar-refractivity contribution is 0.715. The standard InChI is InChI=1S/C12H18S.C4H10.2C2H6/c1-3-4-5-6-11-7-8-12(13)9-10(11)2;1-3-4-2;2*1-2/h7-9,13H,3-6H2,1-2H3;3-4H2,1-2H3;2*1-2H3. The van der Waals surface area contributed by atoms with E-state index in [9.17, 15) is 0 Å². The van der Waals surface area contributed by atoms with Gasteiger partial charge in [0.25, 0.3) is 0 Å². The van der Waals surface area contributed by atoms with Gasteiger partial charge in [0.05, 0.1) is 0 Å². The Morgan fingerprint density at radius 2 is 1.33 bits per heavy atom. The zero-order valence-electron chi connectivity index (χ0n) is 15.9. The first-order valence-electron chi connectivity index (χ1n) is 8.94. The number of benzene rings is 1. The van der Waals surface area contributed by atoms with Crippen molar-refractivity contribution in [3.05, 3.63) is 29.3 Å². The molecule has 0 nitrogen and oxygen atoms in total. The molecule has 0 unspecified atom stereocenters. The average Bonchev–Trinajstić information content (AvgIpc) is 2.54. The van der Waals surface area contributed by atoms with E-state index >= 15 is 0 Å². The van der Waals surface area contributed by atoms with Crippen LogP contribution in [0.3, 0.4) is 0 Å². The molecule has 0 radical (unpaired) electrons. The molecule has 1 aromatic rings. The fraction of sp³-hybridized carbons (Fsp3) is 0.700. The maximum atomic E-state index is 4.31. The highest BCUT2D eigenvalue weighted by Gasteiger charge is 1.97. The van der Waals surface area contributed by atoms with E-state index in [2.05, 4.69) is 58.5 Å². The predicted octanol–water partition coefficient (Wildman–Crippen LogP) is 7.88. The smallest absolute Gasteiger partial charge is 0.00428 e. The van der Waals surface area contributed by atoms with Crippen LogP contribution in [-0.4, -0.2) is 0 Å². The number of aryl methyl sites for hydroxylation is 2. The molecule has 0 aliphatic rings. The van der Waals surface area contributed by atoms with Crippen molar-refractivity contribution in [3.63, 3.8) is 0 Å². The summed E-state index contributed by atoms with van der Waals surface area (Å²) in [5.74, 6) is 0. The Labute approximate surface area is 141 Å². The van der Waals surface area contributed by atoms with Crippen LogP contribution in [0.5, 0.6) is 0 Å². The summed E-state index contributed by atoms with van der Waals surface area (Å²) in [5, 5.41) is 0. The Bertz CT molecular complexity index is 290. The van der Waals surface area contributed by atoms with Crippen molar-refractivity contribution in [2.45, 2.75) is 98.8 Å². The lowest BCUT2D eigenvalue weighted by Crippen LogP contribution is -1.89. The molecule has 0 bridgehead atoms. The minimum Gasteiger partial charge on any atom is -0.143 e. The van der Waals surface area contributed by atoms with Gasteiger partial charge in [-0.3, -0.25) is 0 Å². The summed E-state index contributed by atoms with van der Waals surface area (Å²) in [7, 11) is 0. The highest BCUT2D eigenvalue weighted by Crippen LogP contribution is 2.16. The Hall–Kier alpha value is -0.430. The van der Waals surface area contributed by atoms with Crippen molar-refractivity contribution in [3.8, 4) is 0 Å². The van der Waals surface area contributed by atoms with Crippen LogP contribution in [0.25, 0.3) is 0 Å². The zero-order valence-corrected chi connectivity index (χ0v) is 16.8. The van der Waals surface area contributed by atoms with E-state index in [1.807, 2.05) is 27.7 Å². The Morgan fingerprint density at radius 1 is 0.810 bits per heavy atom. The second-order valence-electron chi connectivity index (χ2n) is 4.57. The molecule has 0 aromatic heterocycles. The third-order valence-corrected chi connectivity index (χ3v) is 3.15. The van der Waals surface area contributed by atoms with E-state index < -0.39 is 0 Å². The fourth-order valence-corrected chi connectivity index (χ4v) is 1.79. The molecule has 0 saturated carbocycles. The Balaban J connectivity index is -0.000000343. The molecule has 21 heavy (non-hydrogen) atoms. The van der Waals surface area contributed by atoms with Crippen LogP contribution in [0, 0.1) is 6.92 Å². The van der Waals surface area contributed by atoms with Gasteiger partial charge in [0.1, 0.15) is 0 Å². The predicted molar refractivity (Wildman–Crippen MR) is 105 cm³/mol. The monoisotopic (exact) mass is 312 g/mol. The molecular formula is C20H40S. The molecule has 126 valence electrons. The topological polar surface area (TPSA) is 0 Å². The van der Waals surface area contributed by atoms with Crippen LogP contribution in [-0.2, 0) is 6.42 Å². The molecule has 1 rings (SSSR count). The molecule has 0 N–H and O–H groups in total. The summed E-state index contributed by atoms with van der Waals surface area (Å²) >= 11 is 4.31. The fourth-order valence-electron chi connectivity index (χ4n) is 1.53. The highest BCUT2D eigenvalue weighted by molar-refractivity contribution is 7.80. The number of hydrogen-bond acceptors (Lipinski definition) is 1. The van der Waals surface area contributed by atoms with Gasteiger partial charge in [0.15, 0.2) is 0 Å². The van der Waals surface area contributed by atoms with Gasteiger partial charge in [-0.2, -0.15) is 0 Å². The molecule has 0 aliphatic heterocycles. The van der Waals surface area contributed by atoms with Crippen molar-refractivity contribution in [1.82, 2.24) is 0 Å². The first-order chi connectivity index (χ1) is 10.2. The van der Waals surface area contributed by atoms with Crippen LogP contribution in [0.4, 0.5) is 0 Å². The van der Waals surface area contributed by atoms with Gasteiger partial charge >= 0.3 is 0 Å². The van der Waals surface area contributed by atoms with Crippen LogP contribution in [0.2, 0.25) is 0 Å². The van der Waals surface area contributed by atoms with Gasteiger partial charge in [-0.25, -0.2) is 0 Å². The number of hydrogen-bond donors (Lipinski definition) is 1. The lowest BCUT2D eigenvalue weighted by Gasteiger charge is -2.05. The molecule has 0 saturated heterocycles. The molecule has 0 aliphatic carbocycles. The first-order valence-corrected chi connectivity index (χ1v) is 9.38. The largest absolute Gasteiger partial charge is 0.143 e. The third-order valence-electron chi connectivity index (χ3n) is 2.88. The second kappa shape index (κ2) is 21.9. The molecule has 1 aromatic carbocycles. The molecule has 0 heterocycles. The van der Waals surface area contributed by atoms with Crippen LogP contribution in [0.1, 0.15) is 91.7 Å². The van der Waals surface area contributed by atoms with E-state index in [0.717, 1.165) is 4.90 Å². The summed E-state index contributed by atoms with van der Waals surface area (Å²) in [6, 6.07) is 6.43. The minimum atomic E-state index is 1.07. The van der Waals surface area contributed by atoms with Crippen molar-refractivity contribution < 1.29 is 0 Å².